The average molecular weight is 315 g/mol. The lowest BCUT2D eigenvalue weighted by atomic mass is 9.81. The first kappa shape index (κ1) is 10.9. The largest absolute Gasteiger partial charge is 0.328 e. The number of halogens is 1. The highest BCUT2D eigenvalue weighted by atomic mass is 79.9. The minimum atomic E-state index is 0.397. The van der Waals surface area contributed by atoms with Crippen molar-refractivity contribution in [2.24, 2.45) is 5.73 Å². The Morgan fingerprint density at radius 2 is 2.12 bits per heavy atom. The van der Waals surface area contributed by atoms with E-state index in [9.17, 15) is 0 Å². The molecule has 0 bridgehead atoms. The van der Waals surface area contributed by atoms with Crippen molar-refractivity contribution in [1.29, 1.82) is 0 Å². The van der Waals surface area contributed by atoms with Crippen LogP contribution in [0.2, 0.25) is 0 Å². The van der Waals surface area contributed by atoms with Gasteiger partial charge in [-0.25, -0.2) is 4.98 Å². The summed E-state index contributed by atoms with van der Waals surface area (Å²) in [6.07, 6.45) is 2.20. The van der Waals surface area contributed by atoms with Crippen molar-refractivity contribution < 1.29 is 0 Å². The van der Waals surface area contributed by atoms with Crippen LogP contribution in [-0.4, -0.2) is 11.0 Å². The minimum absolute atomic E-state index is 0.397. The van der Waals surface area contributed by atoms with Gasteiger partial charge in [-0.3, -0.25) is 0 Å². The molecule has 5 heteroatoms. The maximum atomic E-state index is 5.80. The van der Waals surface area contributed by atoms with E-state index in [1.54, 1.807) is 22.7 Å². The lowest BCUT2D eigenvalue weighted by Gasteiger charge is -2.30. The molecule has 1 aliphatic rings. The normalized spacial score (nSPS) is 24.4. The Labute approximate surface area is 111 Å². The highest BCUT2D eigenvalue weighted by molar-refractivity contribution is 9.10. The fraction of sp³-hybridized carbons (Fsp3) is 0.364. The molecule has 2 heterocycles. The predicted molar refractivity (Wildman–Crippen MR) is 73.1 cm³/mol. The van der Waals surface area contributed by atoms with E-state index >= 15 is 0 Å². The second-order valence-electron chi connectivity index (χ2n) is 4.13. The standard InChI is InChI=1S/C11H11BrN2S2/c12-7-3-10(15-4-7)9-5-16-11(14-9)6-1-8(13)2-6/h3-6,8H,1-2,13H2. The van der Waals surface area contributed by atoms with Crippen LogP contribution in [0.1, 0.15) is 23.8 Å². The summed E-state index contributed by atoms with van der Waals surface area (Å²) in [6, 6.07) is 2.52. The summed E-state index contributed by atoms with van der Waals surface area (Å²) in [5, 5.41) is 5.49. The van der Waals surface area contributed by atoms with E-state index in [4.69, 9.17) is 10.7 Å². The number of hydrogen-bond acceptors (Lipinski definition) is 4. The number of thiophene rings is 1. The van der Waals surface area contributed by atoms with E-state index in [2.05, 4.69) is 32.8 Å². The molecule has 0 saturated heterocycles. The molecule has 0 atom stereocenters. The van der Waals surface area contributed by atoms with Crippen LogP contribution < -0.4 is 5.73 Å². The van der Waals surface area contributed by atoms with Crippen molar-refractivity contribution >= 4 is 38.6 Å². The van der Waals surface area contributed by atoms with E-state index < -0.39 is 0 Å². The molecule has 0 spiro atoms. The molecule has 0 aromatic carbocycles. The molecule has 1 fully saturated rings. The maximum Gasteiger partial charge on any atom is 0.0965 e. The highest BCUT2D eigenvalue weighted by Gasteiger charge is 2.29. The topological polar surface area (TPSA) is 38.9 Å². The van der Waals surface area contributed by atoms with Crippen LogP contribution in [0.15, 0.2) is 21.3 Å². The lowest BCUT2D eigenvalue weighted by molar-refractivity contribution is 0.351. The molecule has 0 unspecified atom stereocenters. The SMILES string of the molecule is NC1CC(c2nc(-c3cc(Br)cs3)cs2)C1. The van der Waals surface area contributed by atoms with Gasteiger partial charge in [0.15, 0.2) is 0 Å². The molecule has 0 radical (unpaired) electrons. The van der Waals surface area contributed by atoms with Crippen LogP contribution in [-0.2, 0) is 0 Å². The number of nitrogens with zero attached hydrogens (tertiary/aromatic N) is 1. The first-order valence-corrected chi connectivity index (χ1v) is 7.73. The van der Waals surface area contributed by atoms with E-state index in [1.807, 2.05) is 0 Å². The minimum Gasteiger partial charge on any atom is -0.328 e. The average Bonchev–Trinajstić information content (AvgIpc) is 2.81. The van der Waals surface area contributed by atoms with Gasteiger partial charge in [-0.05, 0) is 34.8 Å². The fourth-order valence-electron chi connectivity index (χ4n) is 1.90. The van der Waals surface area contributed by atoms with Gasteiger partial charge >= 0.3 is 0 Å². The Hall–Kier alpha value is -0.230. The van der Waals surface area contributed by atoms with Gasteiger partial charge in [0.25, 0.3) is 0 Å². The van der Waals surface area contributed by atoms with E-state index in [-0.39, 0.29) is 0 Å². The van der Waals surface area contributed by atoms with Gasteiger partial charge in [-0.1, -0.05) is 0 Å². The Bertz CT molecular complexity index is 500. The summed E-state index contributed by atoms with van der Waals surface area (Å²) in [4.78, 5) is 5.94. The Balaban J connectivity index is 1.82. The summed E-state index contributed by atoms with van der Waals surface area (Å²) in [5.74, 6) is 0.608. The Morgan fingerprint density at radius 1 is 1.31 bits per heavy atom. The molecule has 2 nitrogen and oxygen atoms in total. The van der Waals surface area contributed by atoms with Gasteiger partial charge < -0.3 is 5.73 Å². The first-order chi connectivity index (χ1) is 7.72. The molecule has 0 aliphatic heterocycles. The van der Waals surface area contributed by atoms with Crippen molar-refractivity contribution in [1.82, 2.24) is 4.98 Å². The zero-order valence-corrected chi connectivity index (χ0v) is 11.7. The molecule has 16 heavy (non-hydrogen) atoms. The third-order valence-corrected chi connectivity index (χ3v) is 5.59. The van der Waals surface area contributed by atoms with Gasteiger partial charge in [0.1, 0.15) is 0 Å². The monoisotopic (exact) mass is 314 g/mol. The molecule has 84 valence electrons. The second kappa shape index (κ2) is 4.22. The third kappa shape index (κ3) is 1.97. The second-order valence-corrected chi connectivity index (χ2v) is 6.85. The van der Waals surface area contributed by atoms with Crippen LogP contribution in [0, 0.1) is 0 Å². The molecular formula is C11H11BrN2S2. The smallest absolute Gasteiger partial charge is 0.0965 e. The van der Waals surface area contributed by atoms with Crippen LogP contribution in [0.25, 0.3) is 10.6 Å². The predicted octanol–water partition coefficient (Wildman–Crippen LogP) is 3.84. The van der Waals surface area contributed by atoms with Gasteiger partial charge in [-0.15, -0.1) is 22.7 Å². The Morgan fingerprint density at radius 3 is 2.75 bits per heavy atom. The molecule has 2 N–H and O–H groups in total. The number of hydrogen-bond donors (Lipinski definition) is 1. The molecule has 1 aliphatic carbocycles. The molecule has 2 aromatic rings. The van der Waals surface area contributed by atoms with Gasteiger partial charge in [0, 0.05) is 27.2 Å². The van der Waals surface area contributed by atoms with E-state index in [0.29, 0.717) is 12.0 Å². The highest BCUT2D eigenvalue weighted by Crippen LogP contribution is 2.39. The summed E-state index contributed by atoms with van der Waals surface area (Å²) >= 11 is 6.96. The summed E-state index contributed by atoms with van der Waals surface area (Å²) in [7, 11) is 0. The summed E-state index contributed by atoms with van der Waals surface area (Å²) < 4.78 is 1.13. The zero-order chi connectivity index (χ0) is 11.1. The quantitative estimate of drug-likeness (QED) is 0.914. The lowest BCUT2D eigenvalue weighted by Crippen LogP contribution is -2.34. The van der Waals surface area contributed by atoms with E-state index in [1.165, 1.54) is 9.88 Å². The van der Waals surface area contributed by atoms with Gasteiger partial charge in [-0.2, -0.15) is 0 Å². The fourth-order valence-corrected chi connectivity index (χ4v) is 4.31. The molecular weight excluding hydrogens is 304 g/mol. The van der Waals surface area contributed by atoms with Crippen molar-refractivity contribution in [3.63, 3.8) is 0 Å². The molecule has 2 aromatic heterocycles. The van der Waals surface area contributed by atoms with Crippen molar-refractivity contribution in [2.45, 2.75) is 24.8 Å². The maximum absolute atomic E-state index is 5.80. The molecule has 1 saturated carbocycles. The number of nitrogens with two attached hydrogens (primary N) is 1. The van der Waals surface area contributed by atoms with Gasteiger partial charge in [0.05, 0.1) is 15.6 Å². The van der Waals surface area contributed by atoms with Crippen molar-refractivity contribution in [3.8, 4) is 10.6 Å². The first-order valence-electron chi connectivity index (χ1n) is 5.18. The van der Waals surface area contributed by atoms with Crippen molar-refractivity contribution in [3.05, 3.63) is 26.3 Å². The number of rotatable bonds is 2. The van der Waals surface area contributed by atoms with Crippen LogP contribution in [0.5, 0.6) is 0 Å². The summed E-state index contributed by atoms with van der Waals surface area (Å²) in [5.41, 5.74) is 6.91. The zero-order valence-electron chi connectivity index (χ0n) is 8.52. The molecule has 3 rings (SSSR count). The van der Waals surface area contributed by atoms with Crippen LogP contribution in [0.3, 0.4) is 0 Å². The summed E-state index contributed by atoms with van der Waals surface area (Å²) in [6.45, 7) is 0. The van der Waals surface area contributed by atoms with E-state index in [0.717, 1.165) is 23.0 Å². The van der Waals surface area contributed by atoms with Gasteiger partial charge in [0.2, 0.25) is 0 Å². The van der Waals surface area contributed by atoms with Crippen LogP contribution >= 0.6 is 38.6 Å². The number of aromatic nitrogens is 1. The third-order valence-electron chi connectivity index (χ3n) is 2.87. The number of thiazole rings is 1. The molecule has 0 amide bonds. The van der Waals surface area contributed by atoms with Crippen molar-refractivity contribution in [2.75, 3.05) is 0 Å². The Kier molecular flexibility index (Phi) is 2.87. The van der Waals surface area contributed by atoms with Crippen LogP contribution in [0.4, 0.5) is 0 Å².